The van der Waals surface area contributed by atoms with E-state index in [1.54, 1.807) is 23.1 Å². The maximum absolute atomic E-state index is 14.0. The molecule has 5 rings (SSSR count). The molecule has 0 unspecified atom stereocenters. The zero-order valence-corrected chi connectivity index (χ0v) is 21.2. The smallest absolute Gasteiger partial charge is 0.263 e. The van der Waals surface area contributed by atoms with E-state index in [1.165, 1.54) is 41.7 Å². The van der Waals surface area contributed by atoms with Gasteiger partial charge in [0, 0.05) is 16.7 Å². The van der Waals surface area contributed by atoms with Gasteiger partial charge < -0.3 is 0 Å². The van der Waals surface area contributed by atoms with Gasteiger partial charge in [-0.25, -0.2) is 4.98 Å². The first-order valence-electron chi connectivity index (χ1n) is 12.2. The average molecular weight is 467 g/mol. The minimum atomic E-state index is 0.226. The Morgan fingerprint density at radius 1 is 1.09 bits per heavy atom. The lowest BCUT2D eigenvalue weighted by Crippen LogP contribution is -2.30. The minimum absolute atomic E-state index is 0.226. The molecule has 3 nitrogen and oxygen atoms in total. The molecule has 0 bridgehead atoms. The first kappa shape index (κ1) is 22.2. The Labute approximate surface area is 199 Å². The minimum Gasteiger partial charge on any atom is -0.284 e. The molecule has 0 aliphatic heterocycles. The fourth-order valence-electron chi connectivity index (χ4n) is 5.44. The Kier molecular flexibility index (Phi) is 6.23. The quantitative estimate of drug-likeness (QED) is 0.297. The summed E-state index contributed by atoms with van der Waals surface area (Å²) in [5.41, 5.74) is 3.12. The van der Waals surface area contributed by atoms with Crippen LogP contribution in [-0.2, 0) is 18.6 Å². The van der Waals surface area contributed by atoms with Crippen LogP contribution in [0.25, 0.3) is 10.2 Å². The summed E-state index contributed by atoms with van der Waals surface area (Å²) in [6.07, 6.45) is 9.21. The third kappa shape index (κ3) is 4.31. The number of nitrogens with zero attached hydrogens (tertiary/aromatic N) is 2. The van der Waals surface area contributed by atoms with Gasteiger partial charge in [-0.1, -0.05) is 82.1 Å². The van der Waals surface area contributed by atoms with Crippen molar-refractivity contribution >= 4 is 33.3 Å². The van der Waals surface area contributed by atoms with Gasteiger partial charge >= 0.3 is 0 Å². The standard InChI is InChI=1S/C27H34N2OS2/c1-27(2,3)19-14-15-21-22(16-19)32-24-23(21)25(30)29(20-12-8-5-9-13-20)26(28-24)31-17-18-10-6-4-7-11-18/h4,6-7,10-11,19-20H,5,8-9,12-17H2,1-3H3/t19-/m1/s1. The van der Waals surface area contributed by atoms with Gasteiger partial charge in [-0.15, -0.1) is 11.3 Å². The molecule has 0 amide bonds. The van der Waals surface area contributed by atoms with Crippen LogP contribution in [0.5, 0.6) is 0 Å². The summed E-state index contributed by atoms with van der Waals surface area (Å²) in [5, 5.41) is 1.86. The van der Waals surface area contributed by atoms with Crippen molar-refractivity contribution in [1.82, 2.24) is 9.55 Å². The molecular formula is C27H34N2OS2. The van der Waals surface area contributed by atoms with Crippen LogP contribution in [0, 0.1) is 11.3 Å². The van der Waals surface area contributed by atoms with E-state index in [9.17, 15) is 4.79 Å². The lowest BCUT2D eigenvalue weighted by molar-refractivity contribution is 0.218. The van der Waals surface area contributed by atoms with E-state index in [0.717, 1.165) is 46.8 Å². The van der Waals surface area contributed by atoms with Crippen LogP contribution < -0.4 is 5.56 Å². The van der Waals surface area contributed by atoms with Crippen molar-refractivity contribution in [3.05, 3.63) is 56.7 Å². The Morgan fingerprint density at radius 3 is 2.56 bits per heavy atom. The molecule has 3 aromatic rings. The molecule has 2 aliphatic rings. The van der Waals surface area contributed by atoms with Crippen molar-refractivity contribution in [1.29, 1.82) is 0 Å². The molecule has 0 saturated heterocycles. The zero-order valence-electron chi connectivity index (χ0n) is 19.5. The number of aryl methyl sites for hydroxylation is 1. The Bertz CT molecular complexity index is 1150. The van der Waals surface area contributed by atoms with Gasteiger partial charge in [-0.3, -0.25) is 9.36 Å². The molecule has 0 radical (unpaired) electrons. The van der Waals surface area contributed by atoms with Gasteiger partial charge in [0.2, 0.25) is 0 Å². The highest BCUT2D eigenvalue weighted by molar-refractivity contribution is 7.98. The fourth-order valence-corrected chi connectivity index (χ4v) is 7.81. The molecule has 1 atom stereocenters. The zero-order chi connectivity index (χ0) is 22.3. The van der Waals surface area contributed by atoms with Gasteiger partial charge in [0.05, 0.1) is 5.39 Å². The monoisotopic (exact) mass is 466 g/mol. The maximum Gasteiger partial charge on any atom is 0.263 e. The third-order valence-electron chi connectivity index (χ3n) is 7.46. The summed E-state index contributed by atoms with van der Waals surface area (Å²) in [4.78, 5) is 21.5. The van der Waals surface area contributed by atoms with Crippen LogP contribution in [0.15, 0.2) is 40.3 Å². The van der Waals surface area contributed by atoms with Gasteiger partial charge in [-0.05, 0) is 54.6 Å². The van der Waals surface area contributed by atoms with E-state index in [4.69, 9.17) is 4.98 Å². The lowest BCUT2D eigenvalue weighted by Gasteiger charge is -2.33. The van der Waals surface area contributed by atoms with Crippen molar-refractivity contribution in [2.24, 2.45) is 11.3 Å². The molecule has 5 heteroatoms. The van der Waals surface area contributed by atoms with Crippen LogP contribution >= 0.6 is 23.1 Å². The summed E-state index contributed by atoms with van der Waals surface area (Å²) in [5.74, 6) is 1.53. The molecule has 0 spiro atoms. The molecule has 2 heterocycles. The van der Waals surface area contributed by atoms with Crippen molar-refractivity contribution in [3.63, 3.8) is 0 Å². The van der Waals surface area contributed by atoms with Crippen LogP contribution in [0.3, 0.4) is 0 Å². The first-order chi connectivity index (χ1) is 15.4. The number of benzene rings is 1. The van der Waals surface area contributed by atoms with E-state index in [0.29, 0.717) is 17.4 Å². The summed E-state index contributed by atoms with van der Waals surface area (Å²) in [6, 6.07) is 10.8. The highest BCUT2D eigenvalue weighted by atomic mass is 32.2. The number of hydrogen-bond donors (Lipinski definition) is 0. The predicted molar refractivity (Wildman–Crippen MR) is 137 cm³/mol. The average Bonchev–Trinajstić information content (AvgIpc) is 3.16. The van der Waals surface area contributed by atoms with Crippen LogP contribution in [0.1, 0.15) is 81.3 Å². The molecule has 2 aromatic heterocycles. The van der Waals surface area contributed by atoms with Crippen molar-refractivity contribution in [3.8, 4) is 0 Å². The number of thiophene rings is 1. The number of fused-ring (bicyclic) bond motifs is 3. The number of aromatic nitrogens is 2. The highest BCUT2D eigenvalue weighted by Crippen LogP contribution is 2.43. The van der Waals surface area contributed by atoms with E-state index in [2.05, 4.69) is 55.7 Å². The van der Waals surface area contributed by atoms with E-state index in [-0.39, 0.29) is 5.56 Å². The van der Waals surface area contributed by atoms with Crippen LogP contribution in [0.2, 0.25) is 0 Å². The van der Waals surface area contributed by atoms with Crippen molar-refractivity contribution < 1.29 is 0 Å². The number of hydrogen-bond acceptors (Lipinski definition) is 4. The molecular weight excluding hydrogens is 432 g/mol. The molecule has 0 N–H and O–H groups in total. The highest BCUT2D eigenvalue weighted by Gasteiger charge is 2.33. The second-order valence-electron chi connectivity index (χ2n) is 10.6. The SMILES string of the molecule is CC(C)(C)[C@@H]1CCc2c(sc3nc(SCc4ccccc4)n(C4CCCCC4)c(=O)c23)C1. The molecule has 2 aliphatic carbocycles. The van der Waals surface area contributed by atoms with Gasteiger partial charge in [0.25, 0.3) is 5.56 Å². The van der Waals surface area contributed by atoms with Crippen molar-refractivity contribution in [2.75, 3.05) is 0 Å². The predicted octanol–water partition coefficient (Wildman–Crippen LogP) is 7.41. The van der Waals surface area contributed by atoms with Gasteiger partial charge in [0.1, 0.15) is 4.83 Å². The molecule has 1 aromatic carbocycles. The van der Waals surface area contributed by atoms with Gasteiger partial charge in [0.15, 0.2) is 5.16 Å². The van der Waals surface area contributed by atoms with Crippen LogP contribution in [0.4, 0.5) is 0 Å². The Balaban J connectivity index is 1.58. The molecule has 32 heavy (non-hydrogen) atoms. The fraction of sp³-hybridized carbons (Fsp3) is 0.556. The van der Waals surface area contributed by atoms with E-state index >= 15 is 0 Å². The topological polar surface area (TPSA) is 34.9 Å². The summed E-state index contributed by atoms with van der Waals surface area (Å²) in [6.45, 7) is 7.05. The lowest BCUT2D eigenvalue weighted by atomic mass is 9.72. The number of rotatable bonds is 4. The van der Waals surface area contributed by atoms with E-state index < -0.39 is 0 Å². The Morgan fingerprint density at radius 2 is 1.84 bits per heavy atom. The second kappa shape index (κ2) is 8.98. The van der Waals surface area contributed by atoms with Crippen molar-refractivity contribution in [2.45, 2.75) is 89.1 Å². The molecule has 170 valence electrons. The normalized spacial score (nSPS) is 19.9. The largest absolute Gasteiger partial charge is 0.284 e. The third-order valence-corrected chi connectivity index (χ3v) is 9.63. The summed E-state index contributed by atoms with van der Waals surface area (Å²) >= 11 is 3.52. The van der Waals surface area contributed by atoms with Gasteiger partial charge in [-0.2, -0.15) is 0 Å². The van der Waals surface area contributed by atoms with Crippen LogP contribution in [-0.4, -0.2) is 9.55 Å². The summed E-state index contributed by atoms with van der Waals surface area (Å²) in [7, 11) is 0. The summed E-state index contributed by atoms with van der Waals surface area (Å²) < 4.78 is 2.10. The number of thioether (sulfide) groups is 1. The Hall–Kier alpha value is -1.59. The molecule has 1 fully saturated rings. The first-order valence-corrected chi connectivity index (χ1v) is 14.0. The molecule has 1 saturated carbocycles. The second-order valence-corrected chi connectivity index (χ2v) is 12.7. The van der Waals surface area contributed by atoms with E-state index in [1.807, 2.05) is 0 Å². The maximum atomic E-state index is 14.0.